The highest BCUT2D eigenvalue weighted by Crippen LogP contribution is 2.19. The molecule has 0 saturated carbocycles. The summed E-state index contributed by atoms with van der Waals surface area (Å²) in [5, 5.41) is 11.6. The second kappa shape index (κ2) is 7.25. The zero-order chi connectivity index (χ0) is 12.6. The van der Waals surface area contributed by atoms with Crippen LogP contribution in [-0.2, 0) is 9.59 Å². The number of aliphatic carboxylic acids is 1. The molecule has 0 aromatic heterocycles. The molecule has 0 spiro atoms. The van der Waals surface area contributed by atoms with E-state index in [0.29, 0.717) is 19.4 Å². The van der Waals surface area contributed by atoms with E-state index in [0.717, 1.165) is 19.3 Å². The van der Waals surface area contributed by atoms with Gasteiger partial charge in [0.25, 0.3) is 0 Å². The van der Waals surface area contributed by atoms with Crippen molar-refractivity contribution in [3.05, 3.63) is 0 Å². The van der Waals surface area contributed by atoms with Crippen LogP contribution < -0.4 is 5.32 Å². The van der Waals surface area contributed by atoms with Gasteiger partial charge in [-0.2, -0.15) is 0 Å². The lowest BCUT2D eigenvalue weighted by Crippen LogP contribution is -2.31. The summed E-state index contributed by atoms with van der Waals surface area (Å²) in [4.78, 5) is 22.1. The zero-order valence-electron chi connectivity index (χ0n) is 10.5. The van der Waals surface area contributed by atoms with E-state index in [1.165, 1.54) is 0 Å². The van der Waals surface area contributed by atoms with E-state index >= 15 is 0 Å². The molecule has 0 aliphatic heterocycles. The first-order valence-electron chi connectivity index (χ1n) is 5.90. The van der Waals surface area contributed by atoms with Crippen LogP contribution in [0.15, 0.2) is 0 Å². The van der Waals surface area contributed by atoms with E-state index < -0.39 is 11.4 Å². The molecule has 0 heterocycles. The van der Waals surface area contributed by atoms with Crippen molar-refractivity contribution >= 4 is 11.9 Å². The fourth-order valence-electron chi connectivity index (χ4n) is 1.25. The van der Waals surface area contributed by atoms with Gasteiger partial charge in [-0.25, -0.2) is 0 Å². The van der Waals surface area contributed by atoms with Crippen LogP contribution in [0.2, 0.25) is 0 Å². The molecule has 0 aromatic carbocycles. The summed E-state index contributed by atoms with van der Waals surface area (Å²) in [5.41, 5.74) is -0.767. The van der Waals surface area contributed by atoms with E-state index in [1.54, 1.807) is 13.8 Å². The molecule has 4 heteroatoms. The molecule has 16 heavy (non-hydrogen) atoms. The molecule has 0 bridgehead atoms. The fourth-order valence-corrected chi connectivity index (χ4v) is 1.25. The normalized spacial score (nSPS) is 11.2. The predicted octanol–water partition coefficient (Wildman–Crippen LogP) is 2.18. The number of carboxylic acids is 1. The molecule has 0 radical (unpaired) electrons. The number of hydrogen-bond donors (Lipinski definition) is 2. The van der Waals surface area contributed by atoms with Gasteiger partial charge in [-0.1, -0.05) is 19.8 Å². The van der Waals surface area contributed by atoms with Crippen LogP contribution in [0.25, 0.3) is 0 Å². The zero-order valence-corrected chi connectivity index (χ0v) is 10.5. The smallest absolute Gasteiger partial charge is 0.309 e. The maximum atomic E-state index is 11.3. The van der Waals surface area contributed by atoms with Crippen molar-refractivity contribution in [3.63, 3.8) is 0 Å². The number of rotatable bonds is 8. The minimum absolute atomic E-state index is 0.0228. The summed E-state index contributed by atoms with van der Waals surface area (Å²) in [6, 6.07) is 0. The molecule has 0 rings (SSSR count). The van der Waals surface area contributed by atoms with Crippen LogP contribution in [0.4, 0.5) is 0 Å². The Bertz CT molecular complexity index is 236. The van der Waals surface area contributed by atoms with Gasteiger partial charge >= 0.3 is 5.97 Å². The van der Waals surface area contributed by atoms with Gasteiger partial charge in [0, 0.05) is 13.0 Å². The second-order valence-electron chi connectivity index (χ2n) is 4.75. The molecule has 0 saturated heterocycles. The SMILES string of the molecule is CCCCCC(=O)NCCC(C)(C)C(=O)O. The molecule has 1 amide bonds. The van der Waals surface area contributed by atoms with Crippen molar-refractivity contribution < 1.29 is 14.7 Å². The molecule has 0 unspecified atom stereocenters. The summed E-state index contributed by atoms with van der Waals surface area (Å²) in [7, 11) is 0. The number of unbranched alkanes of at least 4 members (excludes halogenated alkanes) is 2. The van der Waals surface area contributed by atoms with Crippen molar-refractivity contribution in [2.75, 3.05) is 6.54 Å². The largest absolute Gasteiger partial charge is 0.481 e. The molecule has 0 atom stereocenters. The molecular formula is C12H23NO3. The highest BCUT2D eigenvalue weighted by atomic mass is 16.4. The summed E-state index contributed by atoms with van der Waals surface area (Å²) >= 11 is 0. The van der Waals surface area contributed by atoms with Crippen LogP contribution >= 0.6 is 0 Å². The summed E-state index contributed by atoms with van der Waals surface area (Å²) in [6.07, 6.45) is 4.07. The van der Waals surface area contributed by atoms with Crippen molar-refractivity contribution in [2.24, 2.45) is 5.41 Å². The number of carbonyl (C=O) groups is 2. The first kappa shape index (κ1) is 14.9. The third-order valence-corrected chi connectivity index (χ3v) is 2.66. The van der Waals surface area contributed by atoms with E-state index in [9.17, 15) is 9.59 Å². The Hall–Kier alpha value is -1.06. The van der Waals surface area contributed by atoms with Crippen LogP contribution in [0.3, 0.4) is 0 Å². The van der Waals surface area contributed by atoms with Gasteiger partial charge in [0.2, 0.25) is 5.91 Å². The van der Waals surface area contributed by atoms with Crippen LogP contribution in [0.1, 0.15) is 52.9 Å². The molecule has 0 fully saturated rings. The summed E-state index contributed by atoms with van der Waals surface area (Å²) in [6.45, 7) is 5.86. The molecular weight excluding hydrogens is 206 g/mol. The van der Waals surface area contributed by atoms with Crippen molar-refractivity contribution in [3.8, 4) is 0 Å². The lowest BCUT2D eigenvalue weighted by Gasteiger charge is -2.18. The van der Waals surface area contributed by atoms with Gasteiger partial charge < -0.3 is 10.4 Å². The van der Waals surface area contributed by atoms with Crippen LogP contribution in [0.5, 0.6) is 0 Å². The minimum Gasteiger partial charge on any atom is -0.481 e. The monoisotopic (exact) mass is 229 g/mol. The van der Waals surface area contributed by atoms with Gasteiger partial charge in [-0.05, 0) is 26.7 Å². The van der Waals surface area contributed by atoms with Gasteiger partial charge in [0.1, 0.15) is 0 Å². The fraction of sp³-hybridized carbons (Fsp3) is 0.833. The topological polar surface area (TPSA) is 66.4 Å². The van der Waals surface area contributed by atoms with E-state index in [1.807, 2.05) is 0 Å². The highest BCUT2D eigenvalue weighted by Gasteiger charge is 2.26. The van der Waals surface area contributed by atoms with Gasteiger partial charge in [0.15, 0.2) is 0 Å². The van der Waals surface area contributed by atoms with Crippen molar-refractivity contribution in [1.82, 2.24) is 5.32 Å². The Morgan fingerprint density at radius 3 is 2.38 bits per heavy atom. The number of hydrogen-bond acceptors (Lipinski definition) is 2. The Balaban J connectivity index is 3.65. The lowest BCUT2D eigenvalue weighted by molar-refractivity contribution is -0.147. The second-order valence-corrected chi connectivity index (χ2v) is 4.75. The Labute approximate surface area is 97.4 Å². The molecule has 0 aliphatic carbocycles. The van der Waals surface area contributed by atoms with E-state index in [-0.39, 0.29) is 5.91 Å². The van der Waals surface area contributed by atoms with E-state index in [2.05, 4.69) is 12.2 Å². The number of carbonyl (C=O) groups excluding carboxylic acids is 1. The quantitative estimate of drug-likeness (QED) is 0.627. The number of nitrogens with one attached hydrogen (secondary N) is 1. The van der Waals surface area contributed by atoms with Crippen molar-refractivity contribution in [2.45, 2.75) is 52.9 Å². The third-order valence-electron chi connectivity index (χ3n) is 2.66. The maximum Gasteiger partial charge on any atom is 0.309 e. The van der Waals surface area contributed by atoms with Crippen LogP contribution in [0, 0.1) is 5.41 Å². The lowest BCUT2D eigenvalue weighted by atomic mass is 9.90. The summed E-state index contributed by atoms with van der Waals surface area (Å²) < 4.78 is 0. The first-order valence-corrected chi connectivity index (χ1v) is 5.90. The van der Waals surface area contributed by atoms with Crippen LogP contribution in [-0.4, -0.2) is 23.5 Å². The standard InChI is InChI=1S/C12H23NO3/c1-4-5-6-7-10(14)13-9-8-12(2,3)11(15)16/h4-9H2,1-3H3,(H,13,14)(H,15,16). The average Bonchev–Trinajstić information content (AvgIpc) is 2.17. The maximum absolute atomic E-state index is 11.3. The Morgan fingerprint density at radius 2 is 1.88 bits per heavy atom. The number of amides is 1. The van der Waals surface area contributed by atoms with Crippen molar-refractivity contribution in [1.29, 1.82) is 0 Å². The Morgan fingerprint density at radius 1 is 1.25 bits per heavy atom. The molecule has 0 aromatic rings. The van der Waals surface area contributed by atoms with Gasteiger partial charge in [-0.15, -0.1) is 0 Å². The van der Waals surface area contributed by atoms with Gasteiger partial charge in [0.05, 0.1) is 5.41 Å². The first-order chi connectivity index (χ1) is 7.40. The predicted molar refractivity (Wildman–Crippen MR) is 63.2 cm³/mol. The summed E-state index contributed by atoms with van der Waals surface area (Å²) in [5.74, 6) is -0.803. The average molecular weight is 229 g/mol. The van der Waals surface area contributed by atoms with Gasteiger partial charge in [-0.3, -0.25) is 9.59 Å². The minimum atomic E-state index is -0.826. The number of carboxylic acid groups (broad SMARTS) is 1. The molecule has 94 valence electrons. The van der Waals surface area contributed by atoms with E-state index in [4.69, 9.17) is 5.11 Å². The molecule has 2 N–H and O–H groups in total. The third kappa shape index (κ3) is 6.43. The molecule has 4 nitrogen and oxygen atoms in total. The molecule has 0 aliphatic rings. The Kier molecular flexibility index (Phi) is 6.77. The highest BCUT2D eigenvalue weighted by molar-refractivity contribution is 5.76.